The molecule has 0 spiro atoms. The highest BCUT2D eigenvalue weighted by molar-refractivity contribution is 6.31. The van der Waals surface area contributed by atoms with Gasteiger partial charge in [0.1, 0.15) is 29.6 Å². The number of nitrogens with one attached hydrogen (secondary N) is 1. The zero-order valence-corrected chi connectivity index (χ0v) is 18.4. The van der Waals surface area contributed by atoms with E-state index >= 15 is 0 Å². The number of ether oxygens (including phenoxy) is 4. The lowest BCUT2D eigenvalue weighted by Crippen LogP contribution is -2.13. The molecule has 0 atom stereocenters. The van der Waals surface area contributed by atoms with Gasteiger partial charge in [0.2, 0.25) is 0 Å². The standard InChI is InChI=1S/C24H24ClNO5/c1-4-30-22-10-8-16(24(27)26-21-13-18(25)9-11-23(21)29-3)12-17(22)15-31-20-7-5-6-19(14-20)28-2/h5-14H,4,15H2,1-3H3,(H,26,27). The van der Waals surface area contributed by atoms with Gasteiger partial charge >= 0.3 is 0 Å². The normalized spacial score (nSPS) is 10.3. The zero-order chi connectivity index (χ0) is 22.2. The molecule has 0 aliphatic heterocycles. The van der Waals surface area contributed by atoms with Crippen molar-refractivity contribution in [2.45, 2.75) is 13.5 Å². The Morgan fingerprint density at radius 3 is 2.42 bits per heavy atom. The Labute approximate surface area is 186 Å². The van der Waals surface area contributed by atoms with Gasteiger partial charge < -0.3 is 24.3 Å². The van der Waals surface area contributed by atoms with Crippen molar-refractivity contribution >= 4 is 23.2 Å². The van der Waals surface area contributed by atoms with Crippen LogP contribution in [0.1, 0.15) is 22.8 Å². The molecule has 0 aliphatic rings. The van der Waals surface area contributed by atoms with Gasteiger partial charge in [-0.1, -0.05) is 17.7 Å². The van der Waals surface area contributed by atoms with E-state index in [0.717, 1.165) is 5.56 Å². The summed E-state index contributed by atoms with van der Waals surface area (Å²) >= 11 is 6.06. The highest BCUT2D eigenvalue weighted by Gasteiger charge is 2.14. The van der Waals surface area contributed by atoms with Gasteiger partial charge in [0.15, 0.2) is 0 Å². The predicted octanol–water partition coefficient (Wildman–Crippen LogP) is 5.59. The predicted molar refractivity (Wildman–Crippen MR) is 121 cm³/mol. The summed E-state index contributed by atoms with van der Waals surface area (Å²) in [5, 5.41) is 3.34. The fraction of sp³-hybridized carbons (Fsp3) is 0.208. The van der Waals surface area contributed by atoms with E-state index in [9.17, 15) is 4.79 Å². The Balaban J connectivity index is 1.81. The molecule has 31 heavy (non-hydrogen) atoms. The van der Waals surface area contributed by atoms with Crippen LogP contribution in [0.4, 0.5) is 5.69 Å². The number of carbonyl (C=O) groups excluding carboxylic acids is 1. The molecular weight excluding hydrogens is 418 g/mol. The van der Waals surface area contributed by atoms with Gasteiger partial charge in [-0.3, -0.25) is 4.79 Å². The molecule has 1 N–H and O–H groups in total. The minimum Gasteiger partial charge on any atom is -0.497 e. The third-order valence-corrected chi connectivity index (χ3v) is 4.70. The SMILES string of the molecule is CCOc1ccc(C(=O)Nc2cc(Cl)ccc2OC)cc1COc1cccc(OC)c1. The van der Waals surface area contributed by atoms with Crippen LogP contribution in [0.2, 0.25) is 5.02 Å². The van der Waals surface area contributed by atoms with E-state index in [1.165, 1.54) is 7.11 Å². The summed E-state index contributed by atoms with van der Waals surface area (Å²) in [6.45, 7) is 2.63. The number of anilines is 1. The maximum absolute atomic E-state index is 12.9. The second kappa shape index (κ2) is 10.6. The number of benzene rings is 3. The van der Waals surface area contributed by atoms with E-state index in [1.807, 2.05) is 25.1 Å². The van der Waals surface area contributed by atoms with Crippen LogP contribution in [0, 0.1) is 0 Å². The number of halogens is 1. The van der Waals surface area contributed by atoms with E-state index in [0.29, 0.717) is 45.9 Å². The molecule has 0 aromatic heterocycles. The molecule has 6 nitrogen and oxygen atoms in total. The van der Waals surface area contributed by atoms with E-state index < -0.39 is 0 Å². The average molecular weight is 442 g/mol. The van der Waals surface area contributed by atoms with Gasteiger partial charge in [-0.25, -0.2) is 0 Å². The molecule has 0 saturated carbocycles. The summed E-state index contributed by atoms with van der Waals surface area (Å²) in [6, 6.07) is 17.6. The number of hydrogen-bond donors (Lipinski definition) is 1. The lowest BCUT2D eigenvalue weighted by Gasteiger charge is -2.14. The van der Waals surface area contributed by atoms with Gasteiger partial charge in [0, 0.05) is 22.2 Å². The molecule has 0 saturated heterocycles. The largest absolute Gasteiger partial charge is 0.497 e. The van der Waals surface area contributed by atoms with Gasteiger partial charge in [0.05, 0.1) is 26.5 Å². The first-order valence-corrected chi connectivity index (χ1v) is 10.1. The first kappa shape index (κ1) is 22.3. The summed E-state index contributed by atoms with van der Waals surface area (Å²) in [6.07, 6.45) is 0. The molecule has 3 rings (SSSR count). The summed E-state index contributed by atoms with van der Waals surface area (Å²) in [5.74, 6) is 2.23. The minimum absolute atomic E-state index is 0.226. The lowest BCUT2D eigenvalue weighted by atomic mass is 10.1. The van der Waals surface area contributed by atoms with Crippen molar-refractivity contribution in [3.8, 4) is 23.0 Å². The summed E-state index contributed by atoms with van der Waals surface area (Å²) in [4.78, 5) is 12.9. The fourth-order valence-electron chi connectivity index (χ4n) is 2.95. The Bertz CT molecular complexity index is 1050. The van der Waals surface area contributed by atoms with Crippen LogP contribution < -0.4 is 24.3 Å². The maximum Gasteiger partial charge on any atom is 0.255 e. The van der Waals surface area contributed by atoms with E-state index in [2.05, 4.69) is 5.32 Å². The summed E-state index contributed by atoms with van der Waals surface area (Å²) in [7, 11) is 3.13. The Kier molecular flexibility index (Phi) is 7.62. The van der Waals surface area contributed by atoms with Gasteiger partial charge in [-0.05, 0) is 55.5 Å². The molecular formula is C24H24ClNO5. The van der Waals surface area contributed by atoms with Crippen molar-refractivity contribution in [2.75, 3.05) is 26.1 Å². The number of hydrogen-bond acceptors (Lipinski definition) is 5. The lowest BCUT2D eigenvalue weighted by molar-refractivity contribution is 0.102. The summed E-state index contributed by atoms with van der Waals surface area (Å²) in [5.41, 5.74) is 1.69. The van der Waals surface area contributed by atoms with Crippen molar-refractivity contribution in [1.82, 2.24) is 0 Å². The van der Waals surface area contributed by atoms with Crippen molar-refractivity contribution in [1.29, 1.82) is 0 Å². The average Bonchev–Trinajstić information content (AvgIpc) is 2.79. The van der Waals surface area contributed by atoms with Crippen LogP contribution in [0.3, 0.4) is 0 Å². The monoisotopic (exact) mass is 441 g/mol. The second-order valence-electron chi connectivity index (χ2n) is 6.52. The third-order valence-electron chi connectivity index (χ3n) is 4.47. The van der Waals surface area contributed by atoms with Crippen LogP contribution in [0.15, 0.2) is 60.7 Å². The molecule has 0 unspecified atom stereocenters. The quantitative estimate of drug-likeness (QED) is 0.469. The first-order chi connectivity index (χ1) is 15.0. The molecule has 3 aromatic rings. The van der Waals surface area contributed by atoms with Crippen LogP contribution >= 0.6 is 11.6 Å². The highest BCUT2D eigenvalue weighted by Crippen LogP contribution is 2.29. The summed E-state index contributed by atoms with van der Waals surface area (Å²) < 4.78 is 22.1. The molecule has 162 valence electrons. The van der Waals surface area contributed by atoms with E-state index in [1.54, 1.807) is 49.6 Å². The van der Waals surface area contributed by atoms with Crippen molar-refractivity contribution < 1.29 is 23.7 Å². The van der Waals surface area contributed by atoms with E-state index in [4.69, 9.17) is 30.5 Å². The smallest absolute Gasteiger partial charge is 0.255 e. The van der Waals surface area contributed by atoms with Crippen LogP contribution in [0.25, 0.3) is 0 Å². The fourth-order valence-corrected chi connectivity index (χ4v) is 3.13. The number of methoxy groups -OCH3 is 2. The number of amides is 1. The Hall–Kier alpha value is -3.38. The third kappa shape index (κ3) is 5.83. The van der Waals surface area contributed by atoms with Crippen molar-refractivity contribution in [2.24, 2.45) is 0 Å². The molecule has 7 heteroatoms. The zero-order valence-electron chi connectivity index (χ0n) is 17.6. The van der Waals surface area contributed by atoms with Crippen LogP contribution in [-0.2, 0) is 6.61 Å². The maximum atomic E-state index is 12.9. The van der Waals surface area contributed by atoms with Crippen LogP contribution in [-0.4, -0.2) is 26.7 Å². The minimum atomic E-state index is -0.300. The number of rotatable bonds is 9. The molecule has 0 heterocycles. The van der Waals surface area contributed by atoms with Crippen molar-refractivity contribution in [3.05, 3.63) is 76.8 Å². The highest BCUT2D eigenvalue weighted by atomic mass is 35.5. The molecule has 0 aliphatic carbocycles. The molecule has 1 amide bonds. The second-order valence-corrected chi connectivity index (χ2v) is 6.96. The van der Waals surface area contributed by atoms with E-state index in [-0.39, 0.29) is 12.5 Å². The molecule has 0 radical (unpaired) electrons. The van der Waals surface area contributed by atoms with Crippen molar-refractivity contribution in [3.63, 3.8) is 0 Å². The number of carbonyl (C=O) groups is 1. The van der Waals surface area contributed by atoms with Gasteiger partial charge in [0.25, 0.3) is 5.91 Å². The first-order valence-electron chi connectivity index (χ1n) is 9.71. The Morgan fingerprint density at radius 1 is 0.903 bits per heavy atom. The topological polar surface area (TPSA) is 66.0 Å². The molecule has 0 fully saturated rings. The van der Waals surface area contributed by atoms with Gasteiger partial charge in [-0.2, -0.15) is 0 Å². The molecule has 0 bridgehead atoms. The Morgan fingerprint density at radius 2 is 1.68 bits per heavy atom. The van der Waals surface area contributed by atoms with Crippen LogP contribution in [0.5, 0.6) is 23.0 Å². The molecule has 3 aromatic carbocycles. The van der Waals surface area contributed by atoms with Gasteiger partial charge in [-0.15, -0.1) is 0 Å².